The first kappa shape index (κ1) is 16.5. The summed E-state index contributed by atoms with van der Waals surface area (Å²) in [5.74, 6) is 0.669. The molecule has 0 saturated carbocycles. The first-order chi connectivity index (χ1) is 9.61. The molecular weight excluding hydrogens is 252 g/mol. The van der Waals surface area contributed by atoms with Gasteiger partial charge < -0.3 is 15.4 Å². The molecule has 4 nitrogen and oxygen atoms in total. The number of unbranched alkanes of at least 4 members (excludes halogenated alkanes) is 1. The Balaban J connectivity index is 2.36. The molecule has 20 heavy (non-hydrogen) atoms. The third kappa shape index (κ3) is 7.14. The van der Waals surface area contributed by atoms with Gasteiger partial charge >= 0.3 is 0 Å². The molecule has 0 spiro atoms. The van der Waals surface area contributed by atoms with E-state index < -0.39 is 0 Å². The average Bonchev–Trinajstić information content (AvgIpc) is 2.44. The standard InChI is InChI=1S/C16H26N2O2/c1-4-5-9-17-16(19)12-20-15-8-6-7-14(10-15)11-18-13(2)3/h6-8,10,13,18H,4-5,9,11-12H2,1-3H3,(H,17,19). The molecule has 0 aliphatic heterocycles. The molecule has 0 aromatic heterocycles. The summed E-state index contributed by atoms with van der Waals surface area (Å²) in [5, 5.41) is 6.19. The predicted molar refractivity (Wildman–Crippen MR) is 81.8 cm³/mol. The Hall–Kier alpha value is -1.55. The normalized spacial score (nSPS) is 10.6. The monoisotopic (exact) mass is 278 g/mol. The maximum atomic E-state index is 11.5. The minimum atomic E-state index is -0.0656. The van der Waals surface area contributed by atoms with Crippen LogP contribution in [0.3, 0.4) is 0 Å². The van der Waals surface area contributed by atoms with Crippen molar-refractivity contribution in [1.29, 1.82) is 0 Å². The first-order valence-corrected chi connectivity index (χ1v) is 7.33. The Morgan fingerprint density at radius 3 is 2.85 bits per heavy atom. The number of nitrogens with one attached hydrogen (secondary N) is 2. The van der Waals surface area contributed by atoms with Crippen LogP contribution in [0, 0.1) is 0 Å². The molecule has 0 aliphatic carbocycles. The number of benzene rings is 1. The van der Waals surface area contributed by atoms with Gasteiger partial charge in [0.1, 0.15) is 5.75 Å². The topological polar surface area (TPSA) is 50.4 Å². The highest BCUT2D eigenvalue weighted by atomic mass is 16.5. The molecule has 4 heteroatoms. The minimum Gasteiger partial charge on any atom is -0.484 e. The number of hydrogen-bond donors (Lipinski definition) is 2. The number of amides is 1. The maximum Gasteiger partial charge on any atom is 0.257 e. The van der Waals surface area contributed by atoms with Crippen LogP contribution < -0.4 is 15.4 Å². The lowest BCUT2D eigenvalue weighted by Gasteiger charge is -2.10. The zero-order valence-electron chi connectivity index (χ0n) is 12.7. The third-order valence-corrected chi connectivity index (χ3v) is 2.84. The number of carbonyl (C=O) groups excluding carboxylic acids is 1. The molecular formula is C16H26N2O2. The molecule has 0 fully saturated rings. The fraction of sp³-hybridized carbons (Fsp3) is 0.562. The van der Waals surface area contributed by atoms with E-state index in [-0.39, 0.29) is 12.5 Å². The highest BCUT2D eigenvalue weighted by Gasteiger charge is 2.03. The first-order valence-electron chi connectivity index (χ1n) is 7.33. The molecule has 112 valence electrons. The lowest BCUT2D eigenvalue weighted by molar-refractivity contribution is -0.123. The Kier molecular flexibility index (Phi) is 7.73. The largest absolute Gasteiger partial charge is 0.484 e. The Bertz CT molecular complexity index is 405. The van der Waals surface area contributed by atoms with E-state index in [4.69, 9.17) is 4.74 Å². The van der Waals surface area contributed by atoms with E-state index >= 15 is 0 Å². The number of ether oxygens (including phenoxy) is 1. The third-order valence-electron chi connectivity index (χ3n) is 2.84. The van der Waals surface area contributed by atoms with Gasteiger partial charge in [-0.2, -0.15) is 0 Å². The number of hydrogen-bond acceptors (Lipinski definition) is 3. The molecule has 0 radical (unpaired) electrons. The SMILES string of the molecule is CCCCNC(=O)COc1cccc(CNC(C)C)c1. The van der Waals surface area contributed by atoms with E-state index in [1.165, 1.54) is 0 Å². The van der Waals surface area contributed by atoms with Crippen LogP contribution in [0.2, 0.25) is 0 Å². The molecule has 2 N–H and O–H groups in total. The molecule has 0 unspecified atom stereocenters. The van der Waals surface area contributed by atoms with E-state index in [0.717, 1.165) is 37.2 Å². The zero-order chi connectivity index (χ0) is 14.8. The molecule has 0 heterocycles. The van der Waals surface area contributed by atoms with Gasteiger partial charge in [-0.1, -0.05) is 39.3 Å². The van der Waals surface area contributed by atoms with E-state index in [1.54, 1.807) is 0 Å². The summed E-state index contributed by atoms with van der Waals surface area (Å²) in [5.41, 5.74) is 1.16. The van der Waals surface area contributed by atoms with Crippen molar-refractivity contribution in [2.45, 2.75) is 46.2 Å². The zero-order valence-corrected chi connectivity index (χ0v) is 12.7. The molecule has 1 amide bonds. The summed E-state index contributed by atoms with van der Waals surface area (Å²) in [6.07, 6.45) is 2.08. The fourth-order valence-corrected chi connectivity index (χ4v) is 1.67. The Morgan fingerprint density at radius 1 is 1.35 bits per heavy atom. The van der Waals surface area contributed by atoms with E-state index in [9.17, 15) is 4.79 Å². The van der Waals surface area contributed by atoms with Crippen molar-refractivity contribution in [3.63, 3.8) is 0 Å². The van der Waals surface area contributed by atoms with Gasteiger partial charge in [0.05, 0.1) is 0 Å². The van der Waals surface area contributed by atoms with Crippen LogP contribution in [0.4, 0.5) is 0 Å². The number of carbonyl (C=O) groups is 1. The molecule has 0 atom stereocenters. The van der Waals surface area contributed by atoms with E-state index in [1.807, 2.05) is 24.3 Å². The van der Waals surface area contributed by atoms with Crippen LogP contribution >= 0.6 is 0 Å². The van der Waals surface area contributed by atoms with Crippen LogP contribution in [0.1, 0.15) is 39.2 Å². The van der Waals surface area contributed by atoms with Crippen molar-refractivity contribution in [3.8, 4) is 5.75 Å². The average molecular weight is 278 g/mol. The molecule has 1 aromatic rings. The molecule has 0 aliphatic rings. The lowest BCUT2D eigenvalue weighted by Crippen LogP contribution is -2.29. The fourth-order valence-electron chi connectivity index (χ4n) is 1.67. The van der Waals surface area contributed by atoms with Crippen LogP contribution in [0.15, 0.2) is 24.3 Å². The summed E-state index contributed by atoms with van der Waals surface area (Å²) in [7, 11) is 0. The van der Waals surface area contributed by atoms with Gasteiger partial charge in [-0.05, 0) is 24.1 Å². The summed E-state index contributed by atoms with van der Waals surface area (Å²) < 4.78 is 5.51. The van der Waals surface area contributed by atoms with Gasteiger partial charge in [0, 0.05) is 19.1 Å². The summed E-state index contributed by atoms with van der Waals surface area (Å²) in [4.78, 5) is 11.5. The summed E-state index contributed by atoms with van der Waals surface area (Å²) >= 11 is 0. The quantitative estimate of drug-likeness (QED) is 0.682. The van der Waals surface area contributed by atoms with Gasteiger partial charge in [0.15, 0.2) is 6.61 Å². The minimum absolute atomic E-state index is 0.0656. The molecule has 1 aromatic carbocycles. The van der Waals surface area contributed by atoms with Crippen molar-refractivity contribution >= 4 is 5.91 Å². The van der Waals surface area contributed by atoms with Crippen molar-refractivity contribution < 1.29 is 9.53 Å². The van der Waals surface area contributed by atoms with Crippen molar-refractivity contribution in [3.05, 3.63) is 29.8 Å². The van der Waals surface area contributed by atoms with Gasteiger partial charge in [0.2, 0.25) is 0 Å². The van der Waals surface area contributed by atoms with E-state index in [2.05, 4.69) is 31.4 Å². The summed E-state index contributed by atoms with van der Waals surface area (Å²) in [6, 6.07) is 8.28. The lowest BCUT2D eigenvalue weighted by atomic mass is 10.2. The number of rotatable bonds is 9. The van der Waals surface area contributed by atoms with Gasteiger partial charge in [-0.25, -0.2) is 0 Å². The van der Waals surface area contributed by atoms with Crippen LogP contribution in [-0.2, 0) is 11.3 Å². The van der Waals surface area contributed by atoms with Crippen LogP contribution in [0.25, 0.3) is 0 Å². The highest BCUT2D eigenvalue weighted by molar-refractivity contribution is 5.77. The second kappa shape index (κ2) is 9.37. The van der Waals surface area contributed by atoms with Gasteiger partial charge in [-0.3, -0.25) is 4.79 Å². The Morgan fingerprint density at radius 2 is 2.15 bits per heavy atom. The van der Waals surface area contributed by atoms with Crippen molar-refractivity contribution in [2.75, 3.05) is 13.2 Å². The second-order valence-electron chi connectivity index (χ2n) is 5.18. The molecule has 0 bridgehead atoms. The van der Waals surface area contributed by atoms with Crippen LogP contribution in [0.5, 0.6) is 5.75 Å². The van der Waals surface area contributed by atoms with Crippen molar-refractivity contribution in [2.24, 2.45) is 0 Å². The Labute approximate surface area is 121 Å². The van der Waals surface area contributed by atoms with E-state index in [0.29, 0.717) is 6.04 Å². The predicted octanol–water partition coefficient (Wildman–Crippen LogP) is 2.48. The highest BCUT2D eigenvalue weighted by Crippen LogP contribution is 2.13. The van der Waals surface area contributed by atoms with Gasteiger partial charge in [0.25, 0.3) is 5.91 Å². The van der Waals surface area contributed by atoms with Gasteiger partial charge in [-0.15, -0.1) is 0 Å². The summed E-state index contributed by atoms with van der Waals surface area (Å²) in [6.45, 7) is 7.92. The molecule has 1 rings (SSSR count). The second-order valence-corrected chi connectivity index (χ2v) is 5.18. The van der Waals surface area contributed by atoms with Crippen molar-refractivity contribution in [1.82, 2.24) is 10.6 Å². The molecule has 0 saturated heterocycles. The van der Waals surface area contributed by atoms with Crippen LogP contribution in [-0.4, -0.2) is 25.1 Å². The maximum absolute atomic E-state index is 11.5. The smallest absolute Gasteiger partial charge is 0.257 e.